The van der Waals surface area contributed by atoms with Crippen molar-refractivity contribution in [1.29, 1.82) is 0 Å². The van der Waals surface area contributed by atoms with Crippen LogP contribution in [0.1, 0.15) is 12.5 Å². The number of fused-ring (bicyclic) bond motifs is 1. The molecule has 0 bridgehead atoms. The van der Waals surface area contributed by atoms with Gasteiger partial charge in [-0.15, -0.1) is 0 Å². The molecule has 2 aromatic rings. The van der Waals surface area contributed by atoms with E-state index in [0.29, 0.717) is 24.9 Å². The van der Waals surface area contributed by atoms with Gasteiger partial charge in [0.1, 0.15) is 5.58 Å². The van der Waals surface area contributed by atoms with Crippen molar-refractivity contribution in [2.75, 3.05) is 27.2 Å². The summed E-state index contributed by atoms with van der Waals surface area (Å²) in [5, 5.41) is 14.9. The summed E-state index contributed by atoms with van der Waals surface area (Å²) < 4.78 is 5.50. The number of furan rings is 1. The van der Waals surface area contributed by atoms with Gasteiger partial charge in [-0.05, 0) is 38.7 Å². The van der Waals surface area contributed by atoms with Gasteiger partial charge >= 0.3 is 0 Å². The summed E-state index contributed by atoms with van der Waals surface area (Å²) in [6, 6.07) is 7.76. The molecule has 0 amide bonds. The first-order valence-corrected chi connectivity index (χ1v) is 7.00. The van der Waals surface area contributed by atoms with Crippen LogP contribution in [-0.2, 0) is 6.54 Å². The molecule has 110 valence electrons. The van der Waals surface area contributed by atoms with Crippen LogP contribution < -0.4 is 5.32 Å². The number of rotatable bonds is 6. The lowest BCUT2D eigenvalue weighted by Gasteiger charge is -2.27. The number of benzene rings is 1. The van der Waals surface area contributed by atoms with Crippen molar-refractivity contribution < 1.29 is 9.52 Å². The highest BCUT2D eigenvalue weighted by Crippen LogP contribution is 2.29. The minimum Gasteiger partial charge on any atom is -0.444 e. The molecule has 4 nitrogen and oxygen atoms in total. The van der Waals surface area contributed by atoms with Gasteiger partial charge in [0.15, 0.2) is 5.22 Å². The lowest BCUT2D eigenvalue weighted by atomic mass is 10.1. The van der Waals surface area contributed by atoms with E-state index in [0.717, 1.165) is 16.5 Å². The van der Waals surface area contributed by atoms with Gasteiger partial charge in [-0.2, -0.15) is 0 Å². The van der Waals surface area contributed by atoms with Crippen molar-refractivity contribution >= 4 is 22.6 Å². The van der Waals surface area contributed by atoms with E-state index in [1.807, 2.05) is 50.2 Å². The fourth-order valence-electron chi connectivity index (χ4n) is 2.43. The molecular weight excluding hydrogens is 276 g/mol. The largest absolute Gasteiger partial charge is 0.444 e. The maximum atomic E-state index is 10.2. The second-order valence-corrected chi connectivity index (χ2v) is 6.03. The molecule has 20 heavy (non-hydrogen) atoms. The molecule has 2 N–H and O–H groups in total. The maximum Gasteiger partial charge on any atom is 0.199 e. The Bertz CT molecular complexity index is 578. The van der Waals surface area contributed by atoms with Crippen molar-refractivity contribution in [2.24, 2.45) is 0 Å². The standard InChI is InChI=1S/C15H21ClN2O2/c1-15(19,10-18(2)3)9-17-8-12-11-6-4-5-7-13(11)20-14(12)16/h4-7,17,19H,8-10H2,1-3H3. The van der Waals surface area contributed by atoms with Gasteiger partial charge in [-0.25, -0.2) is 0 Å². The van der Waals surface area contributed by atoms with Crippen molar-refractivity contribution in [3.05, 3.63) is 35.0 Å². The first kappa shape index (κ1) is 15.3. The number of nitrogens with one attached hydrogen (secondary N) is 1. The van der Waals surface area contributed by atoms with Crippen molar-refractivity contribution in [3.63, 3.8) is 0 Å². The molecule has 2 rings (SSSR count). The summed E-state index contributed by atoms with van der Waals surface area (Å²) in [6.45, 7) is 3.47. The highest BCUT2D eigenvalue weighted by atomic mass is 35.5. The van der Waals surface area contributed by atoms with E-state index in [1.165, 1.54) is 0 Å². The third kappa shape index (κ3) is 3.73. The van der Waals surface area contributed by atoms with E-state index in [2.05, 4.69) is 5.32 Å². The SMILES string of the molecule is CN(C)CC(C)(O)CNCc1c(Cl)oc2ccccc12. The van der Waals surface area contributed by atoms with Crippen molar-refractivity contribution in [2.45, 2.75) is 19.1 Å². The van der Waals surface area contributed by atoms with Crippen LogP contribution in [0.15, 0.2) is 28.7 Å². The van der Waals surface area contributed by atoms with Gasteiger partial charge in [0.25, 0.3) is 0 Å². The molecule has 1 atom stereocenters. The van der Waals surface area contributed by atoms with E-state index in [4.69, 9.17) is 16.0 Å². The molecule has 0 saturated heterocycles. The molecule has 0 radical (unpaired) electrons. The van der Waals surface area contributed by atoms with Crippen LogP contribution in [0.4, 0.5) is 0 Å². The second kappa shape index (κ2) is 6.14. The Morgan fingerprint density at radius 3 is 2.75 bits per heavy atom. The molecule has 0 fully saturated rings. The smallest absolute Gasteiger partial charge is 0.199 e. The second-order valence-electron chi connectivity index (χ2n) is 5.69. The van der Waals surface area contributed by atoms with Gasteiger partial charge < -0.3 is 19.7 Å². The average molecular weight is 297 g/mol. The van der Waals surface area contributed by atoms with E-state index in [9.17, 15) is 5.11 Å². The molecule has 0 aliphatic heterocycles. The monoisotopic (exact) mass is 296 g/mol. The number of nitrogens with zero attached hydrogens (tertiary/aromatic N) is 1. The topological polar surface area (TPSA) is 48.6 Å². The average Bonchev–Trinajstić information content (AvgIpc) is 2.64. The van der Waals surface area contributed by atoms with Crippen LogP contribution >= 0.6 is 11.6 Å². The Kier molecular flexibility index (Phi) is 4.70. The van der Waals surface area contributed by atoms with Gasteiger partial charge in [0.2, 0.25) is 0 Å². The van der Waals surface area contributed by atoms with E-state index >= 15 is 0 Å². The number of halogens is 1. The number of aliphatic hydroxyl groups is 1. The molecule has 0 spiro atoms. The van der Waals surface area contributed by atoms with Crippen LogP contribution in [-0.4, -0.2) is 42.8 Å². The van der Waals surface area contributed by atoms with E-state index in [1.54, 1.807) is 0 Å². The Balaban J connectivity index is 2.01. The quantitative estimate of drug-likeness (QED) is 0.860. The third-order valence-electron chi connectivity index (χ3n) is 3.11. The predicted molar refractivity (Wildman–Crippen MR) is 82.1 cm³/mol. The third-order valence-corrected chi connectivity index (χ3v) is 3.42. The van der Waals surface area contributed by atoms with Crippen LogP contribution in [0.2, 0.25) is 5.22 Å². The molecule has 1 aromatic carbocycles. The number of hydrogen-bond donors (Lipinski definition) is 2. The Morgan fingerprint density at radius 2 is 2.05 bits per heavy atom. The maximum absolute atomic E-state index is 10.2. The summed E-state index contributed by atoms with van der Waals surface area (Å²) >= 11 is 6.12. The fourth-order valence-corrected chi connectivity index (χ4v) is 2.68. The number of hydrogen-bond acceptors (Lipinski definition) is 4. The highest BCUT2D eigenvalue weighted by Gasteiger charge is 2.21. The normalized spacial score (nSPS) is 14.9. The highest BCUT2D eigenvalue weighted by molar-refractivity contribution is 6.30. The lowest BCUT2D eigenvalue weighted by Crippen LogP contribution is -2.45. The Labute approximate surface area is 124 Å². The lowest BCUT2D eigenvalue weighted by molar-refractivity contribution is 0.0336. The minimum atomic E-state index is -0.782. The van der Waals surface area contributed by atoms with Crippen molar-refractivity contribution in [1.82, 2.24) is 10.2 Å². The Hall–Kier alpha value is -1.07. The first-order valence-electron chi connectivity index (χ1n) is 6.63. The summed E-state index contributed by atoms with van der Waals surface area (Å²) in [4.78, 5) is 1.96. The molecule has 1 heterocycles. The summed E-state index contributed by atoms with van der Waals surface area (Å²) in [7, 11) is 3.88. The van der Waals surface area contributed by atoms with Crippen LogP contribution in [0.25, 0.3) is 11.0 Å². The summed E-state index contributed by atoms with van der Waals surface area (Å²) in [6.07, 6.45) is 0. The zero-order chi connectivity index (χ0) is 14.8. The fraction of sp³-hybridized carbons (Fsp3) is 0.467. The summed E-state index contributed by atoms with van der Waals surface area (Å²) in [5.74, 6) is 0. The minimum absolute atomic E-state index is 0.408. The van der Waals surface area contributed by atoms with Gasteiger partial charge in [0, 0.05) is 30.6 Å². The van der Waals surface area contributed by atoms with Crippen molar-refractivity contribution in [3.8, 4) is 0 Å². The predicted octanol–water partition coefficient (Wildman–Crippen LogP) is 2.49. The molecular formula is C15H21ClN2O2. The number of para-hydroxylation sites is 1. The molecule has 0 saturated carbocycles. The zero-order valence-corrected chi connectivity index (χ0v) is 12.9. The van der Waals surface area contributed by atoms with Gasteiger partial charge in [0.05, 0.1) is 5.60 Å². The zero-order valence-electron chi connectivity index (χ0n) is 12.1. The van der Waals surface area contributed by atoms with Crippen LogP contribution in [0, 0.1) is 0 Å². The van der Waals surface area contributed by atoms with Gasteiger partial charge in [-0.1, -0.05) is 18.2 Å². The van der Waals surface area contributed by atoms with Gasteiger partial charge in [-0.3, -0.25) is 0 Å². The van der Waals surface area contributed by atoms with Crippen LogP contribution in [0.5, 0.6) is 0 Å². The molecule has 0 aliphatic rings. The molecule has 0 aliphatic carbocycles. The first-order chi connectivity index (χ1) is 9.39. The summed E-state index contributed by atoms with van der Waals surface area (Å²) in [5.41, 5.74) is 0.937. The van der Waals surface area contributed by atoms with E-state index in [-0.39, 0.29) is 0 Å². The van der Waals surface area contributed by atoms with Crippen LogP contribution in [0.3, 0.4) is 0 Å². The Morgan fingerprint density at radius 1 is 1.35 bits per heavy atom. The number of likely N-dealkylation sites (N-methyl/N-ethyl adjacent to an activating group) is 1. The van der Waals surface area contributed by atoms with E-state index < -0.39 is 5.60 Å². The molecule has 5 heteroatoms. The molecule has 1 aromatic heterocycles. The molecule has 1 unspecified atom stereocenters.